The maximum atomic E-state index is 13.7. The largest absolute Gasteiger partial charge is 0.481 e. The number of carbonyl (C=O) groups is 3. The lowest BCUT2D eigenvalue weighted by molar-refractivity contribution is -0.198. The second-order valence-corrected chi connectivity index (χ2v) is 12.7. The van der Waals surface area contributed by atoms with Crippen molar-refractivity contribution < 1.29 is 29.0 Å². The highest BCUT2D eigenvalue weighted by molar-refractivity contribution is 5.77. The monoisotopic (exact) mass is 478 g/mol. The third kappa shape index (κ3) is 6.34. The molecule has 0 spiro atoms. The van der Waals surface area contributed by atoms with Crippen molar-refractivity contribution in [3.8, 4) is 0 Å². The summed E-state index contributed by atoms with van der Waals surface area (Å²) in [6, 6.07) is 0. The van der Waals surface area contributed by atoms with Gasteiger partial charge in [0, 0.05) is 6.42 Å². The Bertz CT molecular complexity index is 721. The van der Waals surface area contributed by atoms with Gasteiger partial charge in [-0.2, -0.15) is 0 Å². The van der Waals surface area contributed by atoms with Gasteiger partial charge >= 0.3 is 17.9 Å². The van der Waals surface area contributed by atoms with E-state index in [9.17, 15) is 14.4 Å². The van der Waals surface area contributed by atoms with Gasteiger partial charge in [-0.25, -0.2) is 0 Å². The van der Waals surface area contributed by atoms with E-state index in [1.807, 2.05) is 27.7 Å². The molecule has 0 saturated heterocycles. The van der Waals surface area contributed by atoms with Gasteiger partial charge in [-0.1, -0.05) is 19.8 Å². The van der Waals surface area contributed by atoms with Gasteiger partial charge in [0.25, 0.3) is 0 Å². The van der Waals surface area contributed by atoms with Crippen LogP contribution in [0.15, 0.2) is 0 Å². The number of carboxylic acids is 1. The molecule has 0 radical (unpaired) electrons. The Kier molecular flexibility index (Phi) is 8.40. The lowest BCUT2D eigenvalue weighted by Crippen LogP contribution is -2.54. The van der Waals surface area contributed by atoms with Crippen molar-refractivity contribution in [3.05, 3.63) is 0 Å². The highest BCUT2D eigenvalue weighted by Gasteiger charge is 2.54. The SMILES string of the molecule is CCC(C)(CC(CCCCC(=O)O)CC(C)(C)C(=O)OC)C(=O)OC12CC3CC(CC(C3)C1)C2. The van der Waals surface area contributed by atoms with Gasteiger partial charge in [-0.15, -0.1) is 0 Å². The van der Waals surface area contributed by atoms with E-state index < -0.39 is 16.8 Å². The molecular formula is C28H46O6. The summed E-state index contributed by atoms with van der Waals surface area (Å²) in [6.45, 7) is 7.85. The minimum Gasteiger partial charge on any atom is -0.481 e. The molecule has 1 N–H and O–H groups in total. The molecule has 194 valence electrons. The zero-order valence-corrected chi connectivity index (χ0v) is 22.0. The molecule has 0 aromatic heterocycles. The fourth-order valence-corrected chi connectivity index (χ4v) is 7.55. The zero-order chi connectivity index (χ0) is 25.1. The van der Waals surface area contributed by atoms with Crippen LogP contribution in [0.4, 0.5) is 0 Å². The zero-order valence-electron chi connectivity index (χ0n) is 22.0. The van der Waals surface area contributed by atoms with Gasteiger partial charge in [-0.3, -0.25) is 14.4 Å². The molecule has 4 saturated carbocycles. The van der Waals surface area contributed by atoms with Gasteiger partial charge in [0.2, 0.25) is 0 Å². The molecule has 2 atom stereocenters. The summed E-state index contributed by atoms with van der Waals surface area (Å²) in [4.78, 5) is 37.0. The van der Waals surface area contributed by atoms with E-state index in [1.165, 1.54) is 26.4 Å². The number of hydrogen-bond donors (Lipinski definition) is 1. The van der Waals surface area contributed by atoms with Gasteiger partial charge in [0.1, 0.15) is 5.60 Å². The van der Waals surface area contributed by atoms with Crippen LogP contribution in [-0.4, -0.2) is 35.7 Å². The molecule has 4 rings (SSSR count). The van der Waals surface area contributed by atoms with Crippen LogP contribution in [0.25, 0.3) is 0 Å². The molecule has 4 aliphatic rings. The van der Waals surface area contributed by atoms with E-state index in [0.717, 1.165) is 49.9 Å². The number of aliphatic carboxylic acids is 1. The van der Waals surface area contributed by atoms with Crippen LogP contribution >= 0.6 is 0 Å². The molecular weight excluding hydrogens is 432 g/mol. The molecule has 0 aromatic rings. The average molecular weight is 479 g/mol. The van der Waals surface area contributed by atoms with Crippen molar-refractivity contribution >= 4 is 17.9 Å². The third-order valence-corrected chi connectivity index (χ3v) is 9.09. The first kappa shape index (κ1) is 27.0. The summed E-state index contributed by atoms with van der Waals surface area (Å²) in [6.07, 6.45) is 11.2. The topological polar surface area (TPSA) is 89.9 Å². The van der Waals surface area contributed by atoms with Crippen molar-refractivity contribution in [1.82, 2.24) is 0 Å². The number of rotatable bonds is 13. The molecule has 4 fully saturated rings. The van der Waals surface area contributed by atoms with Crippen molar-refractivity contribution in [2.75, 3.05) is 7.11 Å². The van der Waals surface area contributed by atoms with E-state index >= 15 is 0 Å². The first-order valence-electron chi connectivity index (χ1n) is 13.4. The van der Waals surface area contributed by atoms with Crippen molar-refractivity contribution in [3.63, 3.8) is 0 Å². The van der Waals surface area contributed by atoms with Gasteiger partial charge in [0.15, 0.2) is 0 Å². The van der Waals surface area contributed by atoms with Crippen LogP contribution in [0.2, 0.25) is 0 Å². The summed E-state index contributed by atoms with van der Waals surface area (Å²) in [7, 11) is 1.41. The molecule has 34 heavy (non-hydrogen) atoms. The predicted octanol–water partition coefficient (Wildman–Crippen LogP) is 6.16. The Balaban J connectivity index is 1.69. The Morgan fingerprint density at radius 2 is 1.50 bits per heavy atom. The number of carboxylic acid groups (broad SMARTS) is 1. The maximum Gasteiger partial charge on any atom is 0.312 e. The highest BCUT2D eigenvalue weighted by atomic mass is 16.6. The van der Waals surface area contributed by atoms with Crippen LogP contribution in [0.3, 0.4) is 0 Å². The van der Waals surface area contributed by atoms with Crippen molar-refractivity contribution in [2.45, 2.75) is 117 Å². The standard InChI is InChI=1S/C28H46O6/c1-6-27(4,25(32)34-28-16-20-11-21(17-28)13-22(12-20)18-28)15-19(9-7-8-10-23(29)30)14-26(2,3)24(31)33-5/h19-22H,6-18H2,1-5H3,(H,29,30). The van der Waals surface area contributed by atoms with Crippen LogP contribution in [0.5, 0.6) is 0 Å². The third-order valence-electron chi connectivity index (χ3n) is 9.09. The first-order chi connectivity index (χ1) is 15.9. The highest BCUT2D eigenvalue weighted by Crippen LogP contribution is 2.57. The number of hydrogen-bond acceptors (Lipinski definition) is 5. The summed E-state index contributed by atoms with van der Waals surface area (Å²) < 4.78 is 11.5. The van der Waals surface area contributed by atoms with Crippen molar-refractivity contribution in [1.29, 1.82) is 0 Å². The average Bonchev–Trinajstić information content (AvgIpc) is 2.74. The number of unbranched alkanes of at least 4 members (excludes halogenated alkanes) is 1. The summed E-state index contributed by atoms with van der Waals surface area (Å²) in [5, 5.41) is 8.99. The fourth-order valence-electron chi connectivity index (χ4n) is 7.55. The molecule has 4 bridgehead atoms. The molecule has 6 nitrogen and oxygen atoms in total. The summed E-state index contributed by atoms with van der Waals surface area (Å²) in [5.41, 5.74) is -1.54. The Labute approximate surface area is 205 Å². The quantitative estimate of drug-likeness (QED) is 0.252. The molecule has 4 aliphatic carbocycles. The van der Waals surface area contributed by atoms with Crippen molar-refractivity contribution in [2.24, 2.45) is 34.5 Å². The van der Waals surface area contributed by atoms with Gasteiger partial charge in [0.05, 0.1) is 17.9 Å². The lowest BCUT2D eigenvalue weighted by Gasteiger charge is -2.56. The Hall–Kier alpha value is -1.59. The molecule has 0 amide bonds. The van der Waals surface area contributed by atoms with E-state index in [1.54, 1.807) is 0 Å². The van der Waals surface area contributed by atoms with E-state index in [-0.39, 0.29) is 29.9 Å². The maximum absolute atomic E-state index is 13.7. The second kappa shape index (κ2) is 10.6. The Morgan fingerprint density at radius 3 is 1.97 bits per heavy atom. The van der Waals surface area contributed by atoms with E-state index in [0.29, 0.717) is 25.7 Å². The van der Waals surface area contributed by atoms with E-state index in [4.69, 9.17) is 14.6 Å². The molecule has 2 unspecified atom stereocenters. The smallest absolute Gasteiger partial charge is 0.312 e. The Morgan fingerprint density at radius 1 is 0.941 bits per heavy atom. The number of methoxy groups -OCH3 is 1. The molecule has 0 aliphatic heterocycles. The first-order valence-corrected chi connectivity index (χ1v) is 13.4. The minimum absolute atomic E-state index is 0.0802. The number of carbonyl (C=O) groups excluding carboxylic acids is 2. The van der Waals surface area contributed by atoms with Crippen LogP contribution in [0, 0.1) is 34.5 Å². The van der Waals surface area contributed by atoms with Crippen LogP contribution < -0.4 is 0 Å². The number of esters is 2. The van der Waals surface area contributed by atoms with Gasteiger partial charge < -0.3 is 14.6 Å². The fraction of sp³-hybridized carbons (Fsp3) is 0.893. The second-order valence-electron chi connectivity index (χ2n) is 12.7. The number of ether oxygens (including phenoxy) is 2. The molecule has 0 heterocycles. The van der Waals surface area contributed by atoms with Crippen LogP contribution in [0.1, 0.15) is 111 Å². The predicted molar refractivity (Wildman–Crippen MR) is 130 cm³/mol. The van der Waals surface area contributed by atoms with E-state index in [2.05, 4.69) is 0 Å². The summed E-state index contributed by atoms with van der Waals surface area (Å²) >= 11 is 0. The van der Waals surface area contributed by atoms with Crippen LogP contribution in [-0.2, 0) is 23.9 Å². The van der Waals surface area contributed by atoms with Gasteiger partial charge in [-0.05, 0) is 109 Å². The normalized spacial score (nSPS) is 30.4. The lowest BCUT2D eigenvalue weighted by atomic mass is 9.54. The molecule has 6 heteroatoms. The minimum atomic E-state index is -0.788. The summed E-state index contributed by atoms with van der Waals surface area (Å²) in [5.74, 6) is 1.14. The molecule has 0 aromatic carbocycles.